The van der Waals surface area contributed by atoms with Crippen LogP contribution in [0.1, 0.15) is 48.0 Å². The van der Waals surface area contributed by atoms with Crippen molar-refractivity contribution in [2.45, 2.75) is 51.2 Å². The molecule has 1 spiro atoms. The summed E-state index contributed by atoms with van der Waals surface area (Å²) in [6.45, 7) is 5.01. The Morgan fingerprint density at radius 1 is 1.24 bits per heavy atom. The zero-order chi connectivity index (χ0) is 20.6. The molecule has 1 amide bonds. The fourth-order valence-corrected chi connectivity index (χ4v) is 4.84. The largest absolute Gasteiger partial charge is 0.461 e. The Hall–Kier alpha value is -1.99. The fourth-order valence-electron chi connectivity index (χ4n) is 4.84. The van der Waals surface area contributed by atoms with Crippen LogP contribution < -0.4 is 0 Å². The van der Waals surface area contributed by atoms with Gasteiger partial charge in [-0.3, -0.25) is 14.5 Å². The number of aryl methyl sites for hydroxylation is 1. The smallest absolute Gasteiger partial charge is 0.312 e. The van der Waals surface area contributed by atoms with Gasteiger partial charge in [0.25, 0.3) is 5.91 Å². The second-order valence-electron chi connectivity index (χ2n) is 8.82. The molecule has 7 heteroatoms. The molecule has 0 bridgehead atoms. The summed E-state index contributed by atoms with van der Waals surface area (Å²) < 4.78 is 19.9. The van der Waals surface area contributed by atoms with Crippen LogP contribution in [0.15, 0.2) is 18.2 Å². The van der Waals surface area contributed by atoms with Crippen molar-refractivity contribution in [3.8, 4) is 0 Å². The van der Waals surface area contributed by atoms with Crippen molar-refractivity contribution < 1.29 is 23.8 Å². The maximum absolute atomic E-state index is 14.2. The highest BCUT2D eigenvalue weighted by atomic mass is 19.1. The minimum absolute atomic E-state index is 0.0886. The van der Waals surface area contributed by atoms with Gasteiger partial charge in [-0.05, 0) is 50.3 Å². The SMILES string of the molecule is Cc1ccc(C(=O)N2CCC3(CC2)CC(CN2CCC(O)CC2)OC3=O)c(F)c1. The quantitative estimate of drug-likeness (QED) is 0.782. The third-order valence-corrected chi connectivity index (χ3v) is 6.71. The first-order chi connectivity index (χ1) is 13.9. The minimum Gasteiger partial charge on any atom is -0.461 e. The number of hydrogen-bond donors (Lipinski definition) is 1. The summed E-state index contributed by atoms with van der Waals surface area (Å²) in [6.07, 6.45) is 2.96. The molecule has 3 saturated heterocycles. The van der Waals surface area contributed by atoms with Crippen molar-refractivity contribution in [2.75, 3.05) is 32.7 Å². The molecular weight excluding hydrogens is 375 g/mol. The zero-order valence-electron chi connectivity index (χ0n) is 16.9. The molecule has 6 nitrogen and oxygen atoms in total. The highest BCUT2D eigenvalue weighted by molar-refractivity contribution is 5.94. The van der Waals surface area contributed by atoms with Gasteiger partial charge in [-0.2, -0.15) is 0 Å². The molecule has 3 fully saturated rings. The van der Waals surface area contributed by atoms with Crippen molar-refractivity contribution in [1.29, 1.82) is 0 Å². The van der Waals surface area contributed by atoms with Gasteiger partial charge in [0.2, 0.25) is 0 Å². The molecule has 1 aromatic rings. The first-order valence-corrected chi connectivity index (χ1v) is 10.5. The lowest BCUT2D eigenvalue weighted by Gasteiger charge is -2.36. The van der Waals surface area contributed by atoms with E-state index in [1.165, 1.54) is 12.1 Å². The maximum Gasteiger partial charge on any atom is 0.312 e. The number of amides is 1. The van der Waals surface area contributed by atoms with Gasteiger partial charge in [-0.25, -0.2) is 4.39 Å². The molecule has 29 heavy (non-hydrogen) atoms. The number of carbonyl (C=O) groups excluding carboxylic acids is 2. The molecule has 158 valence electrons. The lowest BCUT2D eigenvalue weighted by Crippen LogP contribution is -2.45. The van der Waals surface area contributed by atoms with Crippen molar-refractivity contribution in [1.82, 2.24) is 9.80 Å². The molecule has 1 unspecified atom stereocenters. The molecule has 3 aliphatic heterocycles. The van der Waals surface area contributed by atoms with E-state index in [0.717, 1.165) is 31.5 Å². The summed E-state index contributed by atoms with van der Waals surface area (Å²) in [5, 5.41) is 9.64. The van der Waals surface area contributed by atoms with E-state index in [1.54, 1.807) is 17.9 Å². The van der Waals surface area contributed by atoms with Crippen molar-refractivity contribution in [2.24, 2.45) is 5.41 Å². The van der Waals surface area contributed by atoms with Gasteiger partial charge in [0, 0.05) is 39.1 Å². The topological polar surface area (TPSA) is 70.1 Å². The lowest BCUT2D eigenvalue weighted by atomic mass is 9.76. The van der Waals surface area contributed by atoms with Gasteiger partial charge in [-0.15, -0.1) is 0 Å². The Morgan fingerprint density at radius 2 is 1.93 bits per heavy atom. The molecule has 1 N–H and O–H groups in total. The Kier molecular flexibility index (Phi) is 5.62. The van der Waals surface area contributed by atoms with Gasteiger partial charge in [-0.1, -0.05) is 6.07 Å². The van der Waals surface area contributed by atoms with Gasteiger partial charge in [0.15, 0.2) is 0 Å². The molecular formula is C22H29FN2O4. The van der Waals surface area contributed by atoms with Crippen molar-refractivity contribution >= 4 is 11.9 Å². The molecule has 0 aromatic heterocycles. The average Bonchev–Trinajstić information content (AvgIpc) is 2.98. The summed E-state index contributed by atoms with van der Waals surface area (Å²) in [7, 11) is 0. The Morgan fingerprint density at radius 3 is 2.59 bits per heavy atom. The number of halogens is 1. The van der Waals surface area contributed by atoms with Crippen molar-refractivity contribution in [3.05, 3.63) is 35.1 Å². The van der Waals surface area contributed by atoms with E-state index < -0.39 is 11.2 Å². The van der Waals surface area contributed by atoms with Crippen LogP contribution in [0.4, 0.5) is 4.39 Å². The minimum atomic E-state index is -0.525. The first-order valence-electron chi connectivity index (χ1n) is 10.5. The summed E-state index contributed by atoms with van der Waals surface area (Å²) in [5.41, 5.74) is 0.341. The van der Waals surface area contributed by atoms with Gasteiger partial charge in [0.1, 0.15) is 11.9 Å². The number of esters is 1. The van der Waals surface area contributed by atoms with Crippen LogP contribution in [0.2, 0.25) is 0 Å². The van der Waals surface area contributed by atoms with Gasteiger partial charge < -0.3 is 14.7 Å². The van der Waals surface area contributed by atoms with Crippen LogP contribution >= 0.6 is 0 Å². The van der Waals surface area contributed by atoms with E-state index in [-0.39, 0.29) is 29.6 Å². The third-order valence-electron chi connectivity index (χ3n) is 6.71. The predicted molar refractivity (Wildman–Crippen MR) is 105 cm³/mol. The van der Waals surface area contributed by atoms with Crippen LogP contribution in [-0.4, -0.2) is 71.7 Å². The number of nitrogens with zero attached hydrogens (tertiary/aromatic N) is 2. The summed E-state index contributed by atoms with van der Waals surface area (Å²) in [4.78, 5) is 29.3. The van der Waals surface area contributed by atoms with E-state index in [1.807, 2.05) is 0 Å². The Bertz CT molecular complexity index is 783. The highest BCUT2D eigenvalue weighted by Gasteiger charge is 2.51. The van der Waals surface area contributed by atoms with E-state index in [0.29, 0.717) is 38.9 Å². The van der Waals surface area contributed by atoms with E-state index >= 15 is 0 Å². The number of carbonyl (C=O) groups is 2. The second-order valence-corrected chi connectivity index (χ2v) is 8.82. The number of ether oxygens (including phenoxy) is 1. The molecule has 3 heterocycles. The molecule has 1 atom stereocenters. The number of benzene rings is 1. The van der Waals surface area contributed by atoms with Crippen LogP contribution in [0.5, 0.6) is 0 Å². The number of aliphatic hydroxyl groups is 1. The summed E-state index contributed by atoms with van der Waals surface area (Å²) >= 11 is 0. The molecule has 1 aromatic carbocycles. The standard InChI is InChI=1S/C22H29FN2O4/c1-15-2-3-18(19(23)12-15)20(27)25-10-6-22(7-11-25)13-17(29-21(22)28)14-24-8-4-16(26)5-9-24/h2-3,12,16-17,26H,4-11,13-14H2,1H3. The number of rotatable bonds is 3. The van der Waals surface area contributed by atoms with Crippen LogP contribution in [0.3, 0.4) is 0 Å². The normalized spacial score (nSPS) is 25.4. The number of hydrogen-bond acceptors (Lipinski definition) is 5. The third kappa shape index (κ3) is 4.16. The number of likely N-dealkylation sites (tertiary alicyclic amines) is 2. The van der Waals surface area contributed by atoms with Gasteiger partial charge in [0.05, 0.1) is 17.1 Å². The highest BCUT2D eigenvalue weighted by Crippen LogP contribution is 2.43. The number of cyclic esters (lactones) is 1. The fraction of sp³-hybridized carbons (Fsp3) is 0.636. The predicted octanol–water partition coefficient (Wildman–Crippen LogP) is 2.13. The second kappa shape index (κ2) is 8.03. The van der Waals surface area contributed by atoms with Crippen LogP contribution in [-0.2, 0) is 9.53 Å². The molecule has 0 aliphatic carbocycles. The van der Waals surface area contributed by atoms with E-state index in [2.05, 4.69) is 4.90 Å². The van der Waals surface area contributed by atoms with Gasteiger partial charge >= 0.3 is 5.97 Å². The lowest BCUT2D eigenvalue weighted by molar-refractivity contribution is -0.151. The first kappa shape index (κ1) is 20.3. The molecule has 0 radical (unpaired) electrons. The van der Waals surface area contributed by atoms with E-state index in [9.17, 15) is 19.1 Å². The monoisotopic (exact) mass is 404 g/mol. The summed E-state index contributed by atoms with van der Waals surface area (Å²) in [6, 6.07) is 4.64. The van der Waals surface area contributed by atoms with Crippen LogP contribution in [0, 0.1) is 18.2 Å². The molecule has 0 saturated carbocycles. The summed E-state index contributed by atoms with van der Waals surface area (Å²) in [5.74, 6) is -0.970. The zero-order valence-corrected chi connectivity index (χ0v) is 16.9. The van der Waals surface area contributed by atoms with E-state index in [4.69, 9.17) is 4.74 Å². The number of aliphatic hydroxyl groups excluding tert-OH is 1. The molecule has 3 aliphatic rings. The molecule has 4 rings (SSSR count). The average molecular weight is 404 g/mol. The Labute approximate surface area is 170 Å². The van der Waals surface area contributed by atoms with Crippen molar-refractivity contribution in [3.63, 3.8) is 0 Å². The number of piperidine rings is 2. The van der Waals surface area contributed by atoms with Crippen LogP contribution in [0.25, 0.3) is 0 Å². The maximum atomic E-state index is 14.2. The Balaban J connectivity index is 1.34.